The summed E-state index contributed by atoms with van der Waals surface area (Å²) in [4.78, 5) is 2.47. The molecule has 1 nitrogen and oxygen atoms in total. The van der Waals surface area contributed by atoms with Crippen molar-refractivity contribution in [2.75, 3.05) is 4.90 Å². The molecule has 0 aliphatic heterocycles. The largest absolute Gasteiger partial charge is 0.311 e. The zero-order valence-electron chi connectivity index (χ0n) is 17.8. The lowest BCUT2D eigenvalue weighted by atomic mass is 10.1. The third-order valence-electron chi connectivity index (χ3n) is 6.34. The fourth-order valence-electron chi connectivity index (χ4n) is 4.54. The molecule has 0 N–H and O–H groups in total. The Kier molecular flexibility index (Phi) is 6.74. The number of hydrogen-bond acceptors (Lipinski definition) is 1. The summed E-state index contributed by atoms with van der Waals surface area (Å²) in [5.41, 5.74) is 5.38. The van der Waals surface area contributed by atoms with Gasteiger partial charge in [-0.3, -0.25) is 0 Å². The summed E-state index contributed by atoms with van der Waals surface area (Å²) in [6, 6.07) is 32.5. The first-order chi connectivity index (χ1) is 13.7. The number of nitrogens with zero attached hydrogens (tertiary/aromatic N) is 1. The van der Waals surface area contributed by atoms with E-state index in [9.17, 15) is 0 Å². The lowest BCUT2D eigenvalue weighted by molar-refractivity contribution is 1.12. The van der Waals surface area contributed by atoms with E-state index in [0.717, 1.165) is 6.42 Å². The van der Waals surface area contributed by atoms with Gasteiger partial charge in [0.1, 0.15) is 0 Å². The Morgan fingerprint density at radius 1 is 0.607 bits per heavy atom. The normalized spacial score (nSPS) is 11.4. The minimum absolute atomic E-state index is 1.09. The van der Waals surface area contributed by atoms with E-state index >= 15 is 0 Å². The first kappa shape index (κ1) is 20.4. The summed E-state index contributed by atoms with van der Waals surface area (Å²) in [7, 11) is -1.57. The lowest BCUT2D eigenvalue weighted by Crippen LogP contribution is -2.49. The molecular weight excluding hydrogens is 354 g/mol. The van der Waals surface area contributed by atoms with Crippen molar-refractivity contribution in [1.82, 2.24) is 0 Å². The van der Waals surface area contributed by atoms with Crippen molar-refractivity contribution in [1.29, 1.82) is 0 Å². The fourth-order valence-corrected chi connectivity index (χ4v) is 8.78. The van der Waals surface area contributed by atoms with Crippen molar-refractivity contribution >= 4 is 30.3 Å². The molecule has 0 unspecified atom stereocenters. The van der Waals surface area contributed by atoms with E-state index in [0.29, 0.717) is 0 Å². The van der Waals surface area contributed by atoms with Crippen LogP contribution >= 0.6 is 0 Å². The van der Waals surface area contributed by atoms with Crippen LogP contribution in [0, 0.1) is 0 Å². The Morgan fingerprint density at radius 3 is 1.54 bits per heavy atom. The van der Waals surface area contributed by atoms with E-state index in [1.165, 1.54) is 40.8 Å². The first-order valence-corrected chi connectivity index (χ1v) is 13.4. The Morgan fingerprint density at radius 2 is 1.11 bits per heavy atom. The molecule has 3 rings (SSSR count). The molecule has 146 valence electrons. The van der Waals surface area contributed by atoms with Crippen molar-refractivity contribution in [2.24, 2.45) is 0 Å². The molecule has 0 amide bonds. The van der Waals surface area contributed by atoms with Crippen molar-refractivity contribution in [3.05, 3.63) is 84.4 Å². The number of para-hydroxylation sites is 2. The highest BCUT2D eigenvalue weighted by Crippen LogP contribution is 2.36. The number of benzene rings is 3. The Labute approximate surface area is 172 Å². The van der Waals surface area contributed by atoms with Gasteiger partial charge < -0.3 is 4.90 Å². The quantitative estimate of drug-likeness (QED) is 0.363. The standard InChI is InChI=1S/C26H33NSi/c1-5-22-16-15-21-25(26(22)28(6-2,7-3)8-4)27(23-17-11-9-12-18-23)24-19-13-10-14-20-24/h9-21H,5-8H2,1-4H3. The average molecular weight is 388 g/mol. The zero-order valence-corrected chi connectivity index (χ0v) is 18.8. The number of hydrogen-bond donors (Lipinski definition) is 0. The summed E-state index contributed by atoms with van der Waals surface area (Å²) in [6.45, 7) is 9.53. The van der Waals surface area contributed by atoms with Gasteiger partial charge in [-0.25, -0.2) is 0 Å². The van der Waals surface area contributed by atoms with Crippen LogP contribution in [0.5, 0.6) is 0 Å². The van der Waals surface area contributed by atoms with Crippen molar-refractivity contribution in [3.8, 4) is 0 Å². The molecule has 2 heteroatoms. The molecule has 0 fully saturated rings. The SMILES string of the molecule is CCc1cccc(N(c2ccccc2)c2ccccc2)c1[Si](CC)(CC)CC. The van der Waals surface area contributed by atoms with Crippen LogP contribution in [0.4, 0.5) is 17.1 Å². The van der Waals surface area contributed by atoms with Gasteiger partial charge >= 0.3 is 0 Å². The van der Waals surface area contributed by atoms with Crippen LogP contribution in [0.1, 0.15) is 33.3 Å². The van der Waals surface area contributed by atoms with Gasteiger partial charge in [0.15, 0.2) is 0 Å². The van der Waals surface area contributed by atoms with Gasteiger partial charge in [0.05, 0.1) is 8.07 Å². The van der Waals surface area contributed by atoms with Gasteiger partial charge in [0, 0.05) is 17.1 Å². The maximum atomic E-state index is 2.47. The molecule has 28 heavy (non-hydrogen) atoms. The molecule has 3 aromatic rings. The van der Waals surface area contributed by atoms with Crippen molar-refractivity contribution < 1.29 is 0 Å². The molecule has 0 aliphatic rings. The predicted octanol–water partition coefficient (Wildman–Crippen LogP) is 7.43. The highest BCUT2D eigenvalue weighted by Gasteiger charge is 2.35. The molecule has 3 aromatic carbocycles. The molecule has 0 aliphatic carbocycles. The van der Waals surface area contributed by atoms with Crippen LogP contribution in [-0.2, 0) is 6.42 Å². The van der Waals surface area contributed by atoms with Gasteiger partial charge in [0.2, 0.25) is 0 Å². The van der Waals surface area contributed by atoms with E-state index in [-0.39, 0.29) is 0 Å². The fraction of sp³-hybridized carbons (Fsp3) is 0.308. The second kappa shape index (κ2) is 9.25. The Hall–Kier alpha value is -2.32. The first-order valence-electron chi connectivity index (χ1n) is 10.7. The van der Waals surface area contributed by atoms with Gasteiger partial charge in [-0.1, -0.05) is 94.4 Å². The van der Waals surface area contributed by atoms with Crippen LogP contribution in [-0.4, -0.2) is 8.07 Å². The van der Waals surface area contributed by atoms with E-state index in [1.54, 1.807) is 5.19 Å². The Bertz CT molecular complexity index is 822. The van der Waals surface area contributed by atoms with Gasteiger partial charge in [-0.05, 0) is 47.5 Å². The maximum Gasteiger partial charge on any atom is 0.0890 e. The van der Waals surface area contributed by atoms with E-state index < -0.39 is 8.07 Å². The maximum absolute atomic E-state index is 2.47. The summed E-state index contributed by atoms with van der Waals surface area (Å²) < 4.78 is 0. The summed E-state index contributed by atoms with van der Waals surface area (Å²) in [5, 5.41) is 1.66. The zero-order chi connectivity index (χ0) is 20.0. The summed E-state index contributed by atoms with van der Waals surface area (Å²) in [6.07, 6.45) is 1.09. The van der Waals surface area contributed by atoms with Crippen LogP contribution in [0.15, 0.2) is 78.9 Å². The average Bonchev–Trinajstić information content (AvgIpc) is 2.77. The molecule has 0 spiro atoms. The highest BCUT2D eigenvalue weighted by molar-refractivity contribution is 6.93. The molecule has 0 saturated carbocycles. The third kappa shape index (κ3) is 3.79. The van der Waals surface area contributed by atoms with Crippen LogP contribution in [0.25, 0.3) is 0 Å². The second-order valence-electron chi connectivity index (χ2n) is 7.51. The molecule has 0 bridgehead atoms. The number of anilines is 3. The highest BCUT2D eigenvalue weighted by atomic mass is 28.3. The van der Waals surface area contributed by atoms with E-state index in [1.807, 2.05) is 0 Å². The van der Waals surface area contributed by atoms with Crippen LogP contribution < -0.4 is 10.1 Å². The predicted molar refractivity (Wildman–Crippen MR) is 127 cm³/mol. The molecule has 0 saturated heterocycles. The summed E-state index contributed by atoms with van der Waals surface area (Å²) >= 11 is 0. The molecule has 0 radical (unpaired) electrons. The van der Waals surface area contributed by atoms with Crippen molar-refractivity contribution in [2.45, 2.75) is 52.2 Å². The lowest BCUT2D eigenvalue weighted by Gasteiger charge is -2.37. The molecule has 0 atom stereocenters. The second-order valence-corrected chi connectivity index (χ2v) is 12.7. The smallest absolute Gasteiger partial charge is 0.0890 e. The van der Waals surface area contributed by atoms with Gasteiger partial charge in [-0.2, -0.15) is 0 Å². The Balaban J connectivity index is 2.33. The molecule has 0 heterocycles. The molecule has 0 aromatic heterocycles. The minimum atomic E-state index is -1.57. The topological polar surface area (TPSA) is 3.24 Å². The molecular formula is C26H33NSi. The van der Waals surface area contributed by atoms with Crippen LogP contribution in [0.3, 0.4) is 0 Å². The van der Waals surface area contributed by atoms with E-state index in [2.05, 4.69) is 111 Å². The minimum Gasteiger partial charge on any atom is -0.311 e. The monoisotopic (exact) mass is 387 g/mol. The number of rotatable bonds is 8. The third-order valence-corrected chi connectivity index (χ3v) is 12.0. The van der Waals surface area contributed by atoms with Crippen molar-refractivity contribution in [3.63, 3.8) is 0 Å². The number of aryl methyl sites for hydroxylation is 1. The van der Waals surface area contributed by atoms with E-state index in [4.69, 9.17) is 0 Å². The van der Waals surface area contributed by atoms with Crippen LogP contribution in [0.2, 0.25) is 18.1 Å². The summed E-state index contributed by atoms with van der Waals surface area (Å²) in [5.74, 6) is 0. The van der Waals surface area contributed by atoms with Gasteiger partial charge in [-0.15, -0.1) is 0 Å². The van der Waals surface area contributed by atoms with Gasteiger partial charge in [0.25, 0.3) is 0 Å².